The monoisotopic (exact) mass is 280 g/mol. The van der Waals surface area contributed by atoms with Gasteiger partial charge in [-0.3, -0.25) is 10.6 Å². The molecule has 7 nitrogen and oxygen atoms in total. The van der Waals surface area contributed by atoms with Crippen LogP contribution in [0.5, 0.6) is 0 Å². The number of fused-ring (bicyclic) bond motifs is 1. The molecule has 0 aromatic heterocycles. The Morgan fingerprint density at radius 1 is 1.35 bits per heavy atom. The summed E-state index contributed by atoms with van der Waals surface area (Å²) in [6.07, 6.45) is 1.34. The molecule has 1 heterocycles. The van der Waals surface area contributed by atoms with Crippen molar-refractivity contribution in [2.24, 2.45) is 16.0 Å². The zero-order valence-corrected chi connectivity index (χ0v) is 11.5. The number of azo groups is 1. The van der Waals surface area contributed by atoms with Crippen molar-refractivity contribution in [3.8, 4) is 0 Å². The average Bonchev–Trinajstić information content (AvgIpc) is 2.47. The Hall–Kier alpha value is -1.54. The molecular weight excluding hydrogens is 260 g/mol. The van der Waals surface area contributed by atoms with Crippen LogP contribution >= 0.6 is 0 Å². The molecule has 0 bridgehead atoms. The fourth-order valence-electron chi connectivity index (χ4n) is 1.87. The molecule has 1 aliphatic heterocycles. The lowest BCUT2D eigenvalue weighted by Crippen LogP contribution is -2.58. The van der Waals surface area contributed by atoms with E-state index in [1.165, 1.54) is 5.06 Å². The number of rotatable bonds is 7. The van der Waals surface area contributed by atoms with Crippen molar-refractivity contribution in [1.29, 1.82) is 0 Å². The minimum atomic E-state index is -1.47. The van der Waals surface area contributed by atoms with E-state index < -0.39 is 5.97 Å². The summed E-state index contributed by atoms with van der Waals surface area (Å²) in [7, 11) is 0. The minimum absolute atomic E-state index is 0.125. The molecule has 3 N–H and O–H groups in total. The summed E-state index contributed by atoms with van der Waals surface area (Å²) in [5.74, 6) is -1.47. The summed E-state index contributed by atoms with van der Waals surface area (Å²) < 4.78 is 5.60. The van der Waals surface area contributed by atoms with Crippen LogP contribution in [-0.2, 0) is 9.57 Å². The molecule has 7 heteroatoms. The highest BCUT2D eigenvalue weighted by atomic mass is 16.7. The number of nitrogens with two attached hydrogens (primary N) is 1. The molecule has 110 valence electrons. The predicted octanol–water partition coefficient (Wildman–Crippen LogP) is 1.90. The number of hydroxylamine groups is 1. The van der Waals surface area contributed by atoms with Gasteiger partial charge in [0.05, 0.1) is 18.9 Å². The van der Waals surface area contributed by atoms with E-state index >= 15 is 0 Å². The first-order valence-electron chi connectivity index (χ1n) is 6.70. The third-order valence-corrected chi connectivity index (χ3v) is 2.82. The number of unbranched alkanes of at least 4 members (excludes halogenated alkanes) is 1. The van der Waals surface area contributed by atoms with Crippen LogP contribution < -0.4 is 10.8 Å². The van der Waals surface area contributed by atoms with Gasteiger partial charge >= 0.3 is 5.97 Å². The predicted molar refractivity (Wildman–Crippen MR) is 74.3 cm³/mol. The molecule has 0 aliphatic carbocycles. The fourth-order valence-corrected chi connectivity index (χ4v) is 1.87. The molecule has 0 fully saturated rings. The van der Waals surface area contributed by atoms with Crippen molar-refractivity contribution in [1.82, 2.24) is 0 Å². The van der Waals surface area contributed by atoms with Crippen molar-refractivity contribution >= 4 is 11.4 Å². The second kappa shape index (κ2) is 6.76. The smallest absolute Gasteiger partial charge is 0.341 e. The average molecular weight is 280 g/mol. The highest BCUT2D eigenvalue weighted by molar-refractivity contribution is 5.67. The molecule has 0 amide bonds. The second-order valence-corrected chi connectivity index (χ2v) is 4.34. The maximum atomic E-state index is 8.77. The van der Waals surface area contributed by atoms with Gasteiger partial charge in [-0.25, -0.2) is 0 Å². The van der Waals surface area contributed by atoms with Crippen LogP contribution in [0, 0.1) is 0 Å². The van der Waals surface area contributed by atoms with Crippen LogP contribution in [0.15, 0.2) is 34.5 Å². The molecule has 1 aliphatic rings. The van der Waals surface area contributed by atoms with Gasteiger partial charge in [-0.05, 0) is 31.9 Å². The van der Waals surface area contributed by atoms with E-state index in [2.05, 4.69) is 10.2 Å². The summed E-state index contributed by atoms with van der Waals surface area (Å²) in [5.41, 5.74) is 7.54. The van der Waals surface area contributed by atoms with Crippen LogP contribution in [0.3, 0.4) is 0 Å². The molecule has 2 rings (SSSR count). The minimum Gasteiger partial charge on any atom is -0.396 e. The Morgan fingerprint density at radius 2 is 2.15 bits per heavy atom. The van der Waals surface area contributed by atoms with Crippen LogP contribution in [-0.4, -0.2) is 30.9 Å². The van der Waals surface area contributed by atoms with Crippen molar-refractivity contribution in [3.63, 3.8) is 0 Å². The van der Waals surface area contributed by atoms with E-state index in [1.54, 1.807) is 0 Å². The van der Waals surface area contributed by atoms with E-state index in [4.69, 9.17) is 20.4 Å². The molecule has 0 saturated carbocycles. The van der Waals surface area contributed by atoms with Gasteiger partial charge in [0.15, 0.2) is 0 Å². The van der Waals surface area contributed by atoms with Crippen LogP contribution in [0.2, 0.25) is 0 Å². The molecule has 1 aromatic rings. The molecule has 20 heavy (non-hydrogen) atoms. The van der Waals surface area contributed by atoms with Gasteiger partial charge in [-0.2, -0.15) is 5.06 Å². The first kappa shape index (κ1) is 14.9. The van der Waals surface area contributed by atoms with Gasteiger partial charge in [0.2, 0.25) is 0 Å². The summed E-state index contributed by atoms with van der Waals surface area (Å²) in [4.78, 5) is 5.56. The largest absolute Gasteiger partial charge is 0.396 e. The van der Waals surface area contributed by atoms with Gasteiger partial charge < -0.3 is 9.84 Å². The maximum Gasteiger partial charge on any atom is 0.341 e. The molecule has 0 saturated heterocycles. The first-order valence-corrected chi connectivity index (χ1v) is 6.70. The highest BCUT2D eigenvalue weighted by Gasteiger charge is 2.39. The lowest BCUT2D eigenvalue weighted by Gasteiger charge is -2.38. The number of aliphatic hydroxyl groups is 1. The molecule has 1 unspecified atom stereocenters. The number of para-hydroxylation sites is 1. The Kier molecular flexibility index (Phi) is 5.02. The summed E-state index contributed by atoms with van der Waals surface area (Å²) in [6.45, 7) is 2.78. The summed E-state index contributed by atoms with van der Waals surface area (Å²) in [5, 5.41) is 18.3. The highest BCUT2D eigenvalue weighted by Crippen LogP contribution is 2.37. The third kappa shape index (κ3) is 3.13. The van der Waals surface area contributed by atoms with Crippen LogP contribution in [0.25, 0.3) is 0 Å². The lowest BCUT2D eigenvalue weighted by atomic mass is 10.2. The Bertz CT molecular complexity index is 469. The normalized spacial score (nSPS) is 21.1. The van der Waals surface area contributed by atoms with E-state index in [0.717, 1.165) is 0 Å². The molecule has 0 radical (unpaired) electrons. The number of hydrogen-bond acceptors (Lipinski definition) is 7. The molecule has 0 spiro atoms. The topological polar surface area (TPSA) is 92.7 Å². The number of nitrogens with zero attached hydrogens (tertiary/aromatic N) is 3. The van der Waals surface area contributed by atoms with Crippen LogP contribution in [0.4, 0.5) is 11.4 Å². The Labute approximate surface area is 118 Å². The standard InChI is InChI=1S/C13H20N4O3/c1-2-20-17-12-8-4-3-7-11(12)15-16-13(17,14)19-10-6-5-9-18/h3-4,7-8,18H,2,5-6,9-10,14H2,1H3. The molecule has 1 aromatic carbocycles. The van der Waals surface area contributed by atoms with E-state index in [-0.39, 0.29) is 6.61 Å². The fraction of sp³-hybridized carbons (Fsp3) is 0.538. The van der Waals surface area contributed by atoms with E-state index in [9.17, 15) is 0 Å². The summed E-state index contributed by atoms with van der Waals surface area (Å²) >= 11 is 0. The van der Waals surface area contributed by atoms with Gasteiger partial charge in [0.1, 0.15) is 5.69 Å². The van der Waals surface area contributed by atoms with Crippen molar-refractivity contribution in [3.05, 3.63) is 24.3 Å². The van der Waals surface area contributed by atoms with E-state index in [0.29, 0.717) is 37.4 Å². The SMILES string of the molecule is CCON1c2ccccc2N=NC1(N)OCCCCO. The maximum absolute atomic E-state index is 8.77. The zero-order chi connectivity index (χ0) is 14.4. The number of aliphatic hydroxyl groups excluding tert-OH is 1. The number of benzene rings is 1. The first-order chi connectivity index (χ1) is 9.71. The van der Waals surface area contributed by atoms with Crippen molar-refractivity contribution in [2.45, 2.75) is 25.7 Å². The quantitative estimate of drug-likeness (QED) is 0.588. The van der Waals surface area contributed by atoms with Crippen molar-refractivity contribution in [2.75, 3.05) is 24.9 Å². The lowest BCUT2D eigenvalue weighted by molar-refractivity contribution is -0.114. The molecule has 1 atom stereocenters. The second-order valence-electron chi connectivity index (χ2n) is 4.34. The molecular formula is C13H20N4O3. The van der Waals surface area contributed by atoms with Gasteiger partial charge in [-0.1, -0.05) is 12.1 Å². The van der Waals surface area contributed by atoms with Gasteiger partial charge in [0, 0.05) is 6.61 Å². The number of anilines is 1. The van der Waals surface area contributed by atoms with Gasteiger partial charge in [-0.15, -0.1) is 10.2 Å². The van der Waals surface area contributed by atoms with E-state index in [1.807, 2.05) is 31.2 Å². The Balaban J connectivity index is 2.16. The summed E-state index contributed by atoms with van der Waals surface area (Å²) in [6, 6.07) is 7.42. The van der Waals surface area contributed by atoms with Gasteiger partial charge in [0.25, 0.3) is 0 Å². The number of ether oxygens (including phenoxy) is 1. The van der Waals surface area contributed by atoms with Crippen molar-refractivity contribution < 1.29 is 14.7 Å². The zero-order valence-electron chi connectivity index (χ0n) is 11.5. The third-order valence-electron chi connectivity index (χ3n) is 2.82. The Morgan fingerprint density at radius 3 is 2.90 bits per heavy atom. The number of hydrogen-bond donors (Lipinski definition) is 2. The van der Waals surface area contributed by atoms with Crippen LogP contribution in [0.1, 0.15) is 19.8 Å².